The molecule has 122 valence electrons. The zero-order valence-corrected chi connectivity index (χ0v) is 13.5. The molecule has 7 heteroatoms. The molecule has 2 N–H and O–H groups in total. The van der Waals surface area contributed by atoms with Crippen LogP contribution in [0, 0.1) is 6.92 Å². The van der Waals surface area contributed by atoms with Gasteiger partial charge in [0, 0.05) is 50.1 Å². The number of guanidine groups is 1. The van der Waals surface area contributed by atoms with Crippen molar-refractivity contribution in [3.8, 4) is 5.88 Å². The Morgan fingerprint density at radius 2 is 2.43 bits per heavy atom. The topological polar surface area (TPSA) is 78.4 Å². The first-order valence-electron chi connectivity index (χ1n) is 7.78. The lowest BCUT2D eigenvalue weighted by Crippen LogP contribution is -2.40. The predicted octanol–water partition coefficient (Wildman–Crippen LogP) is 1.34. The zero-order chi connectivity index (χ0) is 16.1. The van der Waals surface area contributed by atoms with Crippen LogP contribution in [0.15, 0.2) is 35.6 Å². The van der Waals surface area contributed by atoms with Gasteiger partial charge in [0.2, 0.25) is 5.88 Å². The fourth-order valence-corrected chi connectivity index (χ4v) is 2.66. The summed E-state index contributed by atoms with van der Waals surface area (Å²) in [7, 11) is 1.80. The molecule has 1 saturated heterocycles. The first kappa shape index (κ1) is 15.3. The van der Waals surface area contributed by atoms with Gasteiger partial charge in [0.1, 0.15) is 6.10 Å². The van der Waals surface area contributed by atoms with Gasteiger partial charge in [0.15, 0.2) is 5.96 Å². The minimum atomic E-state index is 0.138. The summed E-state index contributed by atoms with van der Waals surface area (Å²) >= 11 is 0. The van der Waals surface area contributed by atoms with Gasteiger partial charge in [0.05, 0.1) is 12.7 Å². The molecule has 0 aromatic carbocycles. The van der Waals surface area contributed by atoms with E-state index in [1.54, 1.807) is 13.2 Å². The summed E-state index contributed by atoms with van der Waals surface area (Å²) in [4.78, 5) is 10.8. The van der Waals surface area contributed by atoms with E-state index in [1.807, 2.05) is 31.3 Å². The number of rotatable bonds is 4. The molecule has 0 bridgehead atoms. The average Bonchev–Trinajstić information content (AvgIpc) is 3.19. The van der Waals surface area contributed by atoms with Crippen molar-refractivity contribution in [2.45, 2.75) is 26.0 Å². The minimum absolute atomic E-state index is 0.138. The lowest BCUT2D eigenvalue weighted by atomic mass is 10.3. The third-order valence-corrected chi connectivity index (χ3v) is 3.95. The minimum Gasteiger partial charge on any atom is -0.472 e. The van der Waals surface area contributed by atoms with Crippen LogP contribution in [0.5, 0.6) is 5.88 Å². The van der Waals surface area contributed by atoms with Crippen molar-refractivity contribution in [1.29, 1.82) is 0 Å². The Morgan fingerprint density at radius 1 is 1.52 bits per heavy atom. The maximum absolute atomic E-state index is 5.92. The van der Waals surface area contributed by atoms with Crippen LogP contribution in [0.2, 0.25) is 0 Å². The molecule has 23 heavy (non-hydrogen) atoms. The van der Waals surface area contributed by atoms with E-state index in [-0.39, 0.29) is 6.10 Å². The molecule has 0 aliphatic carbocycles. The van der Waals surface area contributed by atoms with Crippen LogP contribution < -0.4 is 10.1 Å². The molecule has 1 fully saturated rings. The van der Waals surface area contributed by atoms with Crippen molar-refractivity contribution in [2.75, 3.05) is 20.1 Å². The second-order valence-electron chi connectivity index (χ2n) is 5.56. The van der Waals surface area contributed by atoms with Crippen molar-refractivity contribution < 1.29 is 4.74 Å². The monoisotopic (exact) mass is 314 g/mol. The van der Waals surface area contributed by atoms with Gasteiger partial charge in [-0.3, -0.25) is 10.1 Å². The lowest BCUT2D eigenvalue weighted by Gasteiger charge is -2.21. The molecule has 0 saturated carbocycles. The Bertz CT molecular complexity index is 654. The van der Waals surface area contributed by atoms with E-state index >= 15 is 0 Å². The maximum atomic E-state index is 5.92. The highest BCUT2D eigenvalue weighted by Gasteiger charge is 2.26. The summed E-state index contributed by atoms with van der Waals surface area (Å²) in [5.74, 6) is 1.56. The molecular weight excluding hydrogens is 292 g/mol. The van der Waals surface area contributed by atoms with E-state index in [2.05, 4.69) is 30.4 Å². The molecule has 0 amide bonds. The quantitative estimate of drug-likeness (QED) is 0.658. The van der Waals surface area contributed by atoms with Crippen molar-refractivity contribution in [1.82, 2.24) is 25.4 Å². The summed E-state index contributed by atoms with van der Waals surface area (Å²) in [5.41, 5.74) is 2.22. The van der Waals surface area contributed by atoms with Gasteiger partial charge in [-0.15, -0.1) is 0 Å². The molecule has 3 heterocycles. The molecule has 0 radical (unpaired) electrons. The van der Waals surface area contributed by atoms with Crippen LogP contribution in [-0.4, -0.2) is 52.3 Å². The average molecular weight is 314 g/mol. The van der Waals surface area contributed by atoms with Gasteiger partial charge in [-0.25, -0.2) is 4.98 Å². The largest absolute Gasteiger partial charge is 0.472 e. The number of aromatic nitrogens is 3. The van der Waals surface area contributed by atoms with E-state index in [9.17, 15) is 0 Å². The summed E-state index contributed by atoms with van der Waals surface area (Å²) in [6, 6.07) is 5.71. The van der Waals surface area contributed by atoms with Gasteiger partial charge in [-0.05, 0) is 13.0 Å². The summed E-state index contributed by atoms with van der Waals surface area (Å²) in [6.07, 6.45) is 4.68. The van der Waals surface area contributed by atoms with Crippen molar-refractivity contribution >= 4 is 5.96 Å². The van der Waals surface area contributed by atoms with Crippen LogP contribution in [0.3, 0.4) is 0 Å². The highest BCUT2D eigenvalue weighted by molar-refractivity contribution is 5.80. The highest BCUT2D eigenvalue weighted by atomic mass is 16.5. The van der Waals surface area contributed by atoms with Gasteiger partial charge in [-0.2, -0.15) is 5.10 Å². The number of hydrogen-bond donors (Lipinski definition) is 2. The van der Waals surface area contributed by atoms with Crippen LogP contribution in [0.4, 0.5) is 0 Å². The first-order chi connectivity index (χ1) is 11.3. The molecule has 3 rings (SSSR count). The zero-order valence-electron chi connectivity index (χ0n) is 13.5. The predicted molar refractivity (Wildman–Crippen MR) is 88.4 cm³/mol. The molecule has 2 aromatic rings. The SMILES string of the molecule is CN=C(NCc1cn[nH]c1C)N1CCC(Oc2ccccn2)C1. The Labute approximate surface area is 135 Å². The van der Waals surface area contributed by atoms with Gasteiger partial charge in [0.25, 0.3) is 0 Å². The van der Waals surface area contributed by atoms with Crippen LogP contribution in [-0.2, 0) is 6.54 Å². The van der Waals surface area contributed by atoms with E-state index in [1.165, 1.54) is 0 Å². The smallest absolute Gasteiger partial charge is 0.213 e. The van der Waals surface area contributed by atoms with Crippen LogP contribution in [0.25, 0.3) is 0 Å². The highest BCUT2D eigenvalue weighted by Crippen LogP contribution is 2.16. The number of pyridine rings is 1. The summed E-state index contributed by atoms with van der Waals surface area (Å²) in [6.45, 7) is 4.44. The van der Waals surface area contributed by atoms with E-state index in [4.69, 9.17) is 4.74 Å². The first-order valence-corrected chi connectivity index (χ1v) is 7.78. The Morgan fingerprint density at radius 3 is 3.13 bits per heavy atom. The fraction of sp³-hybridized carbons (Fsp3) is 0.438. The maximum Gasteiger partial charge on any atom is 0.213 e. The third kappa shape index (κ3) is 3.80. The van der Waals surface area contributed by atoms with Gasteiger partial charge in [-0.1, -0.05) is 6.07 Å². The van der Waals surface area contributed by atoms with E-state index < -0.39 is 0 Å². The number of ether oxygens (including phenoxy) is 1. The Hall–Kier alpha value is -2.57. The fourth-order valence-electron chi connectivity index (χ4n) is 2.66. The van der Waals surface area contributed by atoms with Crippen LogP contribution >= 0.6 is 0 Å². The number of hydrogen-bond acceptors (Lipinski definition) is 4. The van der Waals surface area contributed by atoms with E-state index in [0.717, 1.165) is 36.7 Å². The van der Waals surface area contributed by atoms with Crippen molar-refractivity contribution in [3.63, 3.8) is 0 Å². The second-order valence-corrected chi connectivity index (χ2v) is 5.56. The number of aliphatic imine (C=N–C) groups is 1. The van der Waals surface area contributed by atoms with Gasteiger partial charge >= 0.3 is 0 Å². The number of H-pyrrole nitrogens is 1. The molecule has 1 unspecified atom stereocenters. The van der Waals surface area contributed by atoms with Crippen molar-refractivity contribution in [3.05, 3.63) is 41.9 Å². The van der Waals surface area contributed by atoms with Gasteiger partial charge < -0.3 is 15.0 Å². The molecular formula is C16H22N6O. The molecule has 1 aliphatic heterocycles. The normalized spacial score (nSPS) is 18.3. The molecule has 7 nitrogen and oxygen atoms in total. The summed E-state index contributed by atoms with van der Waals surface area (Å²) in [5, 5.41) is 10.4. The summed E-state index contributed by atoms with van der Waals surface area (Å²) < 4.78 is 5.92. The molecule has 0 spiro atoms. The number of aryl methyl sites for hydroxylation is 1. The van der Waals surface area contributed by atoms with E-state index in [0.29, 0.717) is 12.4 Å². The number of aromatic amines is 1. The third-order valence-electron chi connectivity index (χ3n) is 3.95. The number of likely N-dealkylation sites (tertiary alicyclic amines) is 1. The molecule has 2 aromatic heterocycles. The Kier molecular flexibility index (Phi) is 4.75. The standard InChI is InChI=1S/C16H22N6O/c1-12-13(10-20-21-12)9-19-16(17-2)22-8-6-14(11-22)23-15-5-3-4-7-18-15/h3-5,7,10,14H,6,8-9,11H2,1-2H3,(H,17,19)(H,20,21). The van der Waals surface area contributed by atoms with Crippen LogP contribution in [0.1, 0.15) is 17.7 Å². The Balaban J connectivity index is 1.53. The number of nitrogens with one attached hydrogen (secondary N) is 2. The van der Waals surface area contributed by atoms with Crippen molar-refractivity contribution in [2.24, 2.45) is 4.99 Å². The molecule has 1 atom stereocenters. The lowest BCUT2D eigenvalue weighted by molar-refractivity contribution is 0.205. The second kappa shape index (κ2) is 7.13. The molecule has 1 aliphatic rings. The number of nitrogens with zero attached hydrogens (tertiary/aromatic N) is 4.